The molecule has 0 spiro atoms. The van der Waals surface area contributed by atoms with Crippen molar-refractivity contribution in [2.24, 2.45) is 0 Å². The number of hydrogen-bond donors (Lipinski definition) is 2. The van der Waals surface area contributed by atoms with E-state index in [-0.39, 0.29) is 6.61 Å². The number of benzene rings is 1. The predicted molar refractivity (Wildman–Crippen MR) is 61.0 cm³/mol. The van der Waals surface area contributed by atoms with Crippen LogP contribution >= 0.6 is 0 Å². The summed E-state index contributed by atoms with van der Waals surface area (Å²) in [7, 11) is 0. The molecule has 0 amide bonds. The molecule has 1 heterocycles. The van der Waals surface area contributed by atoms with E-state index in [2.05, 4.69) is 5.32 Å². The molecule has 0 saturated carbocycles. The zero-order valence-corrected chi connectivity index (χ0v) is 9.45. The van der Waals surface area contributed by atoms with E-state index in [4.69, 9.17) is 14.6 Å². The third kappa shape index (κ3) is 2.46. The average Bonchev–Trinajstić information content (AvgIpc) is 2.30. The van der Waals surface area contributed by atoms with Crippen molar-refractivity contribution in [1.29, 1.82) is 0 Å². The highest BCUT2D eigenvalue weighted by Crippen LogP contribution is 2.32. The summed E-state index contributed by atoms with van der Waals surface area (Å²) in [6.45, 7) is 4.78. The molecule has 2 rings (SSSR count). The maximum atomic E-state index is 8.70. The fourth-order valence-electron chi connectivity index (χ4n) is 1.73. The molecular formula is C12H17NO3. The van der Waals surface area contributed by atoms with Gasteiger partial charge in [-0.2, -0.15) is 0 Å². The Morgan fingerprint density at radius 1 is 1.25 bits per heavy atom. The lowest BCUT2D eigenvalue weighted by molar-refractivity contribution is 0.171. The number of fused-ring (bicyclic) bond motifs is 1. The quantitative estimate of drug-likeness (QED) is 0.743. The number of aliphatic hydroxyl groups excluding tert-OH is 1. The Morgan fingerprint density at radius 3 is 2.62 bits per heavy atom. The van der Waals surface area contributed by atoms with Crippen LogP contribution in [0.4, 0.5) is 0 Å². The van der Waals surface area contributed by atoms with Crippen molar-refractivity contribution in [3.8, 4) is 11.5 Å². The first-order chi connectivity index (χ1) is 7.81. The average molecular weight is 223 g/mol. The second kappa shape index (κ2) is 5.18. The molecule has 0 aromatic heterocycles. The van der Waals surface area contributed by atoms with Crippen LogP contribution in [-0.2, 0) is 6.54 Å². The van der Waals surface area contributed by atoms with Crippen molar-refractivity contribution in [1.82, 2.24) is 5.32 Å². The fourth-order valence-corrected chi connectivity index (χ4v) is 1.73. The molecule has 0 aliphatic carbocycles. The van der Waals surface area contributed by atoms with Crippen LogP contribution in [0.15, 0.2) is 12.1 Å². The van der Waals surface area contributed by atoms with Crippen molar-refractivity contribution >= 4 is 0 Å². The number of rotatable bonds is 4. The minimum atomic E-state index is 0.156. The van der Waals surface area contributed by atoms with E-state index >= 15 is 0 Å². The van der Waals surface area contributed by atoms with Crippen molar-refractivity contribution in [2.45, 2.75) is 13.5 Å². The molecule has 0 saturated heterocycles. The minimum Gasteiger partial charge on any atom is -0.486 e. The molecule has 0 bridgehead atoms. The largest absolute Gasteiger partial charge is 0.486 e. The summed E-state index contributed by atoms with van der Waals surface area (Å²) in [5.41, 5.74) is 2.35. The highest BCUT2D eigenvalue weighted by molar-refractivity contribution is 5.47. The first-order valence-corrected chi connectivity index (χ1v) is 5.52. The van der Waals surface area contributed by atoms with Gasteiger partial charge in [-0.25, -0.2) is 0 Å². The Bertz CT molecular complexity index is 366. The summed E-state index contributed by atoms with van der Waals surface area (Å²) in [6, 6.07) is 4.01. The zero-order chi connectivity index (χ0) is 11.4. The van der Waals surface area contributed by atoms with Crippen LogP contribution in [0.25, 0.3) is 0 Å². The Morgan fingerprint density at radius 2 is 1.94 bits per heavy atom. The summed E-state index contributed by atoms with van der Waals surface area (Å²) >= 11 is 0. The van der Waals surface area contributed by atoms with Crippen LogP contribution in [0.1, 0.15) is 11.1 Å². The van der Waals surface area contributed by atoms with Crippen LogP contribution in [0.5, 0.6) is 11.5 Å². The maximum absolute atomic E-state index is 8.70. The van der Waals surface area contributed by atoms with Crippen LogP contribution in [0.2, 0.25) is 0 Å². The second-order valence-corrected chi connectivity index (χ2v) is 3.82. The summed E-state index contributed by atoms with van der Waals surface area (Å²) in [5.74, 6) is 1.65. The van der Waals surface area contributed by atoms with E-state index in [1.165, 1.54) is 11.1 Å². The molecule has 0 atom stereocenters. The first kappa shape index (κ1) is 11.2. The smallest absolute Gasteiger partial charge is 0.161 e. The van der Waals surface area contributed by atoms with Gasteiger partial charge < -0.3 is 19.9 Å². The fraction of sp³-hybridized carbons (Fsp3) is 0.500. The molecule has 16 heavy (non-hydrogen) atoms. The predicted octanol–water partition coefficient (Wildman–Crippen LogP) is 0.848. The number of hydrogen-bond acceptors (Lipinski definition) is 4. The summed E-state index contributed by atoms with van der Waals surface area (Å²) in [6.07, 6.45) is 0. The number of aryl methyl sites for hydroxylation is 1. The normalized spacial score (nSPS) is 13.9. The molecule has 0 radical (unpaired) electrons. The minimum absolute atomic E-state index is 0.156. The summed E-state index contributed by atoms with van der Waals surface area (Å²) < 4.78 is 11.0. The highest BCUT2D eigenvalue weighted by Gasteiger charge is 2.13. The molecular weight excluding hydrogens is 206 g/mol. The van der Waals surface area contributed by atoms with E-state index in [0.29, 0.717) is 19.8 Å². The SMILES string of the molecule is Cc1cc2c(cc1CNCCO)OCCO2. The molecule has 88 valence electrons. The molecule has 1 aromatic rings. The van der Waals surface area contributed by atoms with Gasteiger partial charge in [0, 0.05) is 13.1 Å². The molecule has 1 aliphatic rings. The molecule has 2 N–H and O–H groups in total. The maximum Gasteiger partial charge on any atom is 0.161 e. The topological polar surface area (TPSA) is 50.7 Å². The van der Waals surface area contributed by atoms with Gasteiger partial charge in [0.05, 0.1) is 6.61 Å². The summed E-state index contributed by atoms with van der Waals surface area (Å²) in [4.78, 5) is 0. The van der Waals surface area contributed by atoms with E-state index in [1.54, 1.807) is 0 Å². The standard InChI is InChI=1S/C12H17NO3/c1-9-6-11-12(16-5-4-15-11)7-10(9)8-13-2-3-14/h6-7,13-14H,2-5,8H2,1H3. The van der Waals surface area contributed by atoms with E-state index in [0.717, 1.165) is 18.0 Å². The Kier molecular flexibility index (Phi) is 3.64. The lowest BCUT2D eigenvalue weighted by Gasteiger charge is -2.20. The van der Waals surface area contributed by atoms with Gasteiger partial charge in [-0.3, -0.25) is 0 Å². The molecule has 0 fully saturated rings. The number of ether oxygens (including phenoxy) is 2. The Labute approximate surface area is 95.2 Å². The van der Waals surface area contributed by atoms with E-state index in [9.17, 15) is 0 Å². The molecule has 0 unspecified atom stereocenters. The third-order valence-electron chi connectivity index (χ3n) is 2.60. The third-order valence-corrected chi connectivity index (χ3v) is 2.60. The van der Waals surface area contributed by atoms with Crippen LogP contribution in [0.3, 0.4) is 0 Å². The molecule has 1 aliphatic heterocycles. The zero-order valence-electron chi connectivity index (χ0n) is 9.45. The first-order valence-electron chi connectivity index (χ1n) is 5.52. The van der Waals surface area contributed by atoms with Gasteiger partial charge in [0.2, 0.25) is 0 Å². The van der Waals surface area contributed by atoms with Gasteiger partial charge >= 0.3 is 0 Å². The van der Waals surface area contributed by atoms with Crippen molar-refractivity contribution in [2.75, 3.05) is 26.4 Å². The monoisotopic (exact) mass is 223 g/mol. The van der Waals surface area contributed by atoms with Gasteiger partial charge in [0.25, 0.3) is 0 Å². The lowest BCUT2D eigenvalue weighted by Crippen LogP contribution is -2.19. The van der Waals surface area contributed by atoms with Gasteiger partial charge in [-0.15, -0.1) is 0 Å². The molecule has 1 aromatic carbocycles. The van der Waals surface area contributed by atoms with Gasteiger partial charge in [0.15, 0.2) is 11.5 Å². The lowest BCUT2D eigenvalue weighted by atomic mass is 10.1. The van der Waals surface area contributed by atoms with Gasteiger partial charge in [-0.05, 0) is 30.2 Å². The second-order valence-electron chi connectivity index (χ2n) is 3.82. The molecule has 4 heteroatoms. The van der Waals surface area contributed by atoms with E-state index < -0.39 is 0 Å². The van der Waals surface area contributed by atoms with Crippen LogP contribution in [-0.4, -0.2) is 31.5 Å². The van der Waals surface area contributed by atoms with Crippen LogP contribution in [0, 0.1) is 6.92 Å². The number of aliphatic hydroxyl groups is 1. The van der Waals surface area contributed by atoms with Crippen molar-refractivity contribution in [3.05, 3.63) is 23.3 Å². The van der Waals surface area contributed by atoms with Gasteiger partial charge in [-0.1, -0.05) is 0 Å². The van der Waals surface area contributed by atoms with Crippen molar-refractivity contribution < 1.29 is 14.6 Å². The summed E-state index contributed by atoms with van der Waals surface area (Å²) in [5, 5.41) is 11.9. The van der Waals surface area contributed by atoms with Crippen molar-refractivity contribution in [3.63, 3.8) is 0 Å². The van der Waals surface area contributed by atoms with Gasteiger partial charge in [0.1, 0.15) is 13.2 Å². The highest BCUT2D eigenvalue weighted by atomic mass is 16.6. The Hall–Kier alpha value is -1.26. The molecule has 4 nitrogen and oxygen atoms in total. The van der Waals surface area contributed by atoms with E-state index in [1.807, 2.05) is 19.1 Å². The van der Waals surface area contributed by atoms with Crippen LogP contribution < -0.4 is 14.8 Å². The number of nitrogens with one attached hydrogen (secondary N) is 1. The Balaban J connectivity index is 2.12.